The molecular formula is C15H17N5S. The summed E-state index contributed by atoms with van der Waals surface area (Å²) in [6, 6.07) is 12.8. The zero-order chi connectivity index (χ0) is 14.5. The van der Waals surface area contributed by atoms with Gasteiger partial charge in [-0.2, -0.15) is 5.26 Å². The highest BCUT2D eigenvalue weighted by Gasteiger charge is 2.24. The average molecular weight is 299 g/mol. The minimum absolute atomic E-state index is 0.0716. The molecule has 1 heterocycles. The molecule has 5 nitrogen and oxygen atoms in total. The first-order chi connectivity index (χ1) is 10.4. The largest absolute Gasteiger partial charge is 0.217 e. The van der Waals surface area contributed by atoms with Crippen LogP contribution in [0.15, 0.2) is 35.5 Å². The molecule has 0 aliphatic heterocycles. The van der Waals surface area contributed by atoms with Crippen LogP contribution < -0.4 is 0 Å². The predicted molar refractivity (Wildman–Crippen MR) is 80.6 cm³/mol. The van der Waals surface area contributed by atoms with Gasteiger partial charge in [0, 0.05) is 0 Å². The van der Waals surface area contributed by atoms with Crippen LogP contribution in [0.25, 0.3) is 0 Å². The van der Waals surface area contributed by atoms with E-state index in [0.717, 1.165) is 23.6 Å². The van der Waals surface area contributed by atoms with Crippen molar-refractivity contribution in [2.75, 3.05) is 0 Å². The fraction of sp³-hybridized carbons (Fsp3) is 0.467. The van der Waals surface area contributed by atoms with E-state index in [-0.39, 0.29) is 5.25 Å². The Bertz CT molecular complexity index is 612. The molecule has 108 valence electrons. The van der Waals surface area contributed by atoms with Crippen molar-refractivity contribution in [1.82, 2.24) is 20.2 Å². The number of hydrogen-bond acceptors (Lipinski definition) is 5. The van der Waals surface area contributed by atoms with Gasteiger partial charge in [-0.05, 0) is 28.8 Å². The topological polar surface area (TPSA) is 67.4 Å². The molecule has 0 radical (unpaired) electrons. The van der Waals surface area contributed by atoms with Crippen molar-refractivity contribution in [3.63, 3.8) is 0 Å². The van der Waals surface area contributed by atoms with E-state index in [1.807, 2.05) is 22.9 Å². The van der Waals surface area contributed by atoms with E-state index < -0.39 is 0 Å². The van der Waals surface area contributed by atoms with Crippen LogP contribution in [0, 0.1) is 11.3 Å². The highest BCUT2D eigenvalue weighted by atomic mass is 32.2. The third kappa shape index (κ3) is 3.24. The molecule has 1 aliphatic rings. The molecule has 1 aromatic heterocycles. The van der Waals surface area contributed by atoms with Crippen molar-refractivity contribution in [3.05, 3.63) is 35.9 Å². The van der Waals surface area contributed by atoms with Gasteiger partial charge in [-0.3, -0.25) is 0 Å². The third-order valence-corrected chi connectivity index (χ3v) is 5.03. The molecule has 0 saturated heterocycles. The number of benzene rings is 1. The zero-order valence-corrected chi connectivity index (χ0v) is 12.5. The maximum Gasteiger partial charge on any atom is 0.210 e. The van der Waals surface area contributed by atoms with Crippen LogP contribution >= 0.6 is 11.8 Å². The van der Waals surface area contributed by atoms with Gasteiger partial charge in [-0.15, -0.1) is 5.10 Å². The van der Waals surface area contributed by atoms with Gasteiger partial charge < -0.3 is 0 Å². The monoisotopic (exact) mass is 299 g/mol. The summed E-state index contributed by atoms with van der Waals surface area (Å²) >= 11 is 1.59. The molecule has 3 rings (SSSR count). The van der Waals surface area contributed by atoms with Crippen molar-refractivity contribution in [2.24, 2.45) is 0 Å². The first-order valence-corrected chi connectivity index (χ1v) is 8.13. The second kappa shape index (κ2) is 6.72. The van der Waals surface area contributed by atoms with E-state index in [9.17, 15) is 0 Å². The molecule has 1 unspecified atom stereocenters. The Labute approximate surface area is 128 Å². The lowest BCUT2D eigenvalue weighted by Crippen LogP contribution is -2.09. The smallest absolute Gasteiger partial charge is 0.210 e. The van der Waals surface area contributed by atoms with E-state index in [2.05, 4.69) is 33.7 Å². The van der Waals surface area contributed by atoms with Gasteiger partial charge in [0.05, 0.1) is 23.8 Å². The maximum absolute atomic E-state index is 9.09. The SMILES string of the molecule is N#CCC(Sc1nnnn1C1CCCC1)c1ccccc1. The molecule has 0 N–H and O–H groups in total. The van der Waals surface area contributed by atoms with Crippen molar-refractivity contribution in [2.45, 2.75) is 48.6 Å². The number of tetrazole rings is 1. The van der Waals surface area contributed by atoms with Gasteiger partial charge in [0.2, 0.25) is 5.16 Å². The van der Waals surface area contributed by atoms with Crippen molar-refractivity contribution in [3.8, 4) is 6.07 Å². The van der Waals surface area contributed by atoms with Crippen LogP contribution in [0.3, 0.4) is 0 Å². The lowest BCUT2D eigenvalue weighted by atomic mass is 10.1. The fourth-order valence-corrected chi connectivity index (χ4v) is 3.83. The Morgan fingerprint density at radius 1 is 1.29 bits per heavy atom. The van der Waals surface area contributed by atoms with Crippen molar-refractivity contribution in [1.29, 1.82) is 5.26 Å². The molecule has 1 aromatic carbocycles. The minimum atomic E-state index is 0.0716. The first-order valence-electron chi connectivity index (χ1n) is 7.25. The van der Waals surface area contributed by atoms with Gasteiger partial charge in [0.1, 0.15) is 0 Å². The highest BCUT2D eigenvalue weighted by Crippen LogP contribution is 2.39. The Kier molecular flexibility index (Phi) is 4.51. The molecule has 2 aromatic rings. The summed E-state index contributed by atoms with van der Waals surface area (Å²) in [5.74, 6) is 0. The van der Waals surface area contributed by atoms with Gasteiger partial charge in [0.25, 0.3) is 0 Å². The summed E-state index contributed by atoms with van der Waals surface area (Å²) in [5.41, 5.74) is 1.14. The number of nitrogens with zero attached hydrogens (tertiary/aromatic N) is 5. The second-order valence-corrected chi connectivity index (χ2v) is 6.39. The number of nitriles is 1. The molecule has 1 aliphatic carbocycles. The number of hydrogen-bond donors (Lipinski definition) is 0. The standard InChI is InChI=1S/C15H17N5S/c16-11-10-14(12-6-2-1-3-7-12)21-15-17-18-19-20(15)13-8-4-5-9-13/h1-3,6-7,13-14H,4-5,8-10H2. The minimum Gasteiger partial charge on any atom is -0.217 e. The molecule has 0 bridgehead atoms. The molecular weight excluding hydrogens is 282 g/mol. The normalized spacial score (nSPS) is 16.7. The predicted octanol–water partition coefficient (Wildman–Crippen LogP) is 3.54. The molecule has 1 saturated carbocycles. The van der Waals surface area contributed by atoms with Gasteiger partial charge in [-0.25, -0.2) is 4.68 Å². The Balaban J connectivity index is 1.80. The summed E-state index contributed by atoms with van der Waals surface area (Å²) in [7, 11) is 0. The Morgan fingerprint density at radius 2 is 2.05 bits per heavy atom. The van der Waals surface area contributed by atoms with Crippen LogP contribution in [0.5, 0.6) is 0 Å². The fourth-order valence-electron chi connectivity index (χ4n) is 2.75. The van der Waals surface area contributed by atoms with Gasteiger partial charge in [-0.1, -0.05) is 54.9 Å². The van der Waals surface area contributed by atoms with Crippen LogP contribution in [-0.4, -0.2) is 20.2 Å². The molecule has 1 fully saturated rings. The first kappa shape index (κ1) is 14.1. The molecule has 1 atom stereocenters. The van der Waals surface area contributed by atoms with E-state index >= 15 is 0 Å². The van der Waals surface area contributed by atoms with Crippen molar-refractivity contribution >= 4 is 11.8 Å². The highest BCUT2D eigenvalue weighted by molar-refractivity contribution is 7.99. The molecule has 0 spiro atoms. The van der Waals surface area contributed by atoms with Crippen LogP contribution in [0.4, 0.5) is 0 Å². The van der Waals surface area contributed by atoms with E-state index in [1.54, 1.807) is 11.8 Å². The van der Waals surface area contributed by atoms with E-state index in [0.29, 0.717) is 12.5 Å². The summed E-state index contributed by atoms with van der Waals surface area (Å²) in [4.78, 5) is 0. The summed E-state index contributed by atoms with van der Waals surface area (Å²) in [6.45, 7) is 0. The Hall–Kier alpha value is -1.87. The number of rotatable bonds is 5. The van der Waals surface area contributed by atoms with Crippen LogP contribution in [0.2, 0.25) is 0 Å². The second-order valence-electron chi connectivity index (χ2n) is 5.22. The third-order valence-electron chi connectivity index (χ3n) is 3.83. The molecule has 21 heavy (non-hydrogen) atoms. The van der Waals surface area contributed by atoms with Crippen molar-refractivity contribution < 1.29 is 0 Å². The summed E-state index contributed by atoms with van der Waals surface area (Å²) in [5, 5.41) is 22.1. The van der Waals surface area contributed by atoms with Crippen LogP contribution in [0.1, 0.15) is 49.0 Å². The van der Waals surface area contributed by atoms with Gasteiger partial charge in [0.15, 0.2) is 0 Å². The Morgan fingerprint density at radius 3 is 2.76 bits per heavy atom. The number of aromatic nitrogens is 4. The average Bonchev–Trinajstić information content (AvgIpc) is 3.18. The summed E-state index contributed by atoms with van der Waals surface area (Å²) < 4.78 is 1.95. The van der Waals surface area contributed by atoms with E-state index in [4.69, 9.17) is 5.26 Å². The quantitative estimate of drug-likeness (QED) is 0.790. The van der Waals surface area contributed by atoms with Gasteiger partial charge >= 0.3 is 0 Å². The summed E-state index contributed by atoms with van der Waals surface area (Å²) in [6.07, 6.45) is 5.23. The molecule has 0 amide bonds. The molecule has 6 heteroatoms. The lowest BCUT2D eigenvalue weighted by molar-refractivity contribution is 0.422. The van der Waals surface area contributed by atoms with E-state index in [1.165, 1.54) is 12.8 Å². The van der Waals surface area contributed by atoms with Crippen LogP contribution in [-0.2, 0) is 0 Å². The lowest BCUT2D eigenvalue weighted by Gasteiger charge is -2.15. The number of thioether (sulfide) groups is 1. The zero-order valence-electron chi connectivity index (χ0n) is 11.7. The maximum atomic E-state index is 9.09.